The number of hydrogen-bond donors (Lipinski definition) is 1. The second-order valence-corrected chi connectivity index (χ2v) is 4.97. The van der Waals surface area contributed by atoms with Gasteiger partial charge >= 0.3 is 5.69 Å². The number of rotatable bonds is 4. The standard InChI is InChI=1S/C12H13N3O3S/c1-3-14-12(11(15(17)18)8(2)13-14)19-10-6-4-5-9(16)7-10/h4-7,16H,3H2,1-2H3. The Morgan fingerprint density at radius 1 is 1.53 bits per heavy atom. The van der Waals surface area contributed by atoms with Crippen molar-refractivity contribution in [2.45, 2.75) is 30.3 Å². The first-order valence-corrected chi connectivity index (χ1v) is 6.53. The van der Waals surface area contributed by atoms with Gasteiger partial charge in [0, 0.05) is 11.4 Å². The number of nitro groups is 1. The molecule has 1 heterocycles. The van der Waals surface area contributed by atoms with E-state index < -0.39 is 4.92 Å². The van der Waals surface area contributed by atoms with Gasteiger partial charge in [-0.2, -0.15) is 5.10 Å². The fraction of sp³-hybridized carbons (Fsp3) is 0.250. The van der Waals surface area contributed by atoms with E-state index in [1.807, 2.05) is 6.92 Å². The largest absolute Gasteiger partial charge is 0.508 e. The topological polar surface area (TPSA) is 81.2 Å². The smallest absolute Gasteiger partial charge is 0.324 e. The van der Waals surface area contributed by atoms with E-state index in [-0.39, 0.29) is 11.4 Å². The van der Waals surface area contributed by atoms with Gasteiger partial charge in [-0.25, -0.2) is 0 Å². The molecule has 0 amide bonds. The number of aryl methyl sites for hydroxylation is 2. The van der Waals surface area contributed by atoms with Crippen LogP contribution < -0.4 is 0 Å². The SMILES string of the molecule is CCn1nc(C)c([N+](=O)[O-])c1Sc1cccc(O)c1. The third-order valence-electron chi connectivity index (χ3n) is 2.56. The maximum Gasteiger partial charge on any atom is 0.324 e. The first-order valence-electron chi connectivity index (χ1n) is 5.71. The van der Waals surface area contributed by atoms with Crippen LogP contribution in [0.4, 0.5) is 5.69 Å². The van der Waals surface area contributed by atoms with Crippen LogP contribution in [-0.2, 0) is 6.54 Å². The van der Waals surface area contributed by atoms with E-state index in [2.05, 4.69) is 5.10 Å². The summed E-state index contributed by atoms with van der Waals surface area (Å²) in [6, 6.07) is 6.61. The van der Waals surface area contributed by atoms with Gasteiger partial charge in [0.2, 0.25) is 0 Å². The van der Waals surface area contributed by atoms with E-state index >= 15 is 0 Å². The first kappa shape index (κ1) is 13.4. The van der Waals surface area contributed by atoms with E-state index in [0.717, 1.165) is 4.90 Å². The molecule has 6 nitrogen and oxygen atoms in total. The van der Waals surface area contributed by atoms with E-state index in [0.29, 0.717) is 17.3 Å². The molecule has 7 heteroatoms. The Balaban J connectivity index is 2.46. The summed E-state index contributed by atoms with van der Waals surface area (Å²) in [7, 11) is 0. The van der Waals surface area contributed by atoms with Gasteiger partial charge in [-0.3, -0.25) is 14.8 Å². The number of aromatic nitrogens is 2. The normalized spacial score (nSPS) is 10.6. The lowest BCUT2D eigenvalue weighted by Crippen LogP contribution is -1.99. The zero-order valence-electron chi connectivity index (χ0n) is 10.5. The molecule has 0 unspecified atom stereocenters. The maximum absolute atomic E-state index is 11.1. The van der Waals surface area contributed by atoms with Gasteiger partial charge in [0.05, 0.1) is 4.92 Å². The van der Waals surface area contributed by atoms with Gasteiger partial charge in [0.15, 0.2) is 5.03 Å². The monoisotopic (exact) mass is 279 g/mol. The molecule has 0 atom stereocenters. The lowest BCUT2D eigenvalue weighted by Gasteiger charge is -2.04. The van der Waals surface area contributed by atoms with Crippen molar-refractivity contribution in [2.24, 2.45) is 0 Å². The molecule has 0 aliphatic carbocycles. The third kappa shape index (κ3) is 2.70. The van der Waals surface area contributed by atoms with Crippen molar-refractivity contribution in [1.82, 2.24) is 9.78 Å². The summed E-state index contributed by atoms with van der Waals surface area (Å²) >= 11 is 1.23. The highest BCUT2D eigenvalue weighted by atomic mass is 32.2. The Kier molecular flexibility index (Phi) is 3.75. The fourth-order valence-corrected chi connectivity index (χ4v) is 2.88. The molecule has 0 saturated heterocycles. The maximum atomic E-state index is 11.1. The minimum Gasteiger partial charge on any atom is -0.508 e. The Bertz CT molecular complexity index is 625. The molecule has 1 N–H and O–H groups in total. The highest BCUT2D eigenvalue weighted by molar-refractivity contribution is 7.99. The van der Waals surface area contributed by atoms with Crippen LogP contribution in [0, 0.1) is 17.0 Å². The predicted octanol–water partition coefficient (Wildman–Crippen LogP) is 2.98. The lowest BCUT2D eigenvalue weighted by atomic mass is 10.3. The molecule has 0 spiro atoms. The zero-order chi connectivity index (χ0) is 14.0. The van der Waals surface area contributed by atoms with Gasteiger partial charge in [-0.1, -0.05) is 17.8 Å². The molecular weight excluding hydrogens is 266 g/mol. The average molecular weight is 279 g/mol. The molecule has 0 aliphatic heterocycles. The quantitative estimate of drug-likeness (QED) is 0.687. The molecule has 0 saturated carbocycles. The van der Waals surface area contributed by atoms with Crippen molar-refractivity contribution >= 4 is 17.4 Å². The molecule has 2 aromatic rings. The minimum atomic E-state index is -0.417. The van der Waals surface area contributed by atoms with Gasteiger partial charge in [-0.05, 0) is 32.0 Å². The van der Waals surface area contributed by atoms with Crippen LogP contribution in [0.25, 0.3) is 0 Å². The van der Waals surface area contributed by atoms with Crippen LogP contribution in [0.5, 0.6) is 5.75 Å². The van der Waals surface area contributed by atoms with E-state index in [1.165, 1.54) is 11.8 Å². The average Bonchev–Trinajstić information content (AvgIpc) is 2.65. The second-order valence-electron chi connectivity index (χ2n) is 3.91. The number of phenolic OH excluding ortho intramolecular Hbond substituents is 1. The van der Waals surface area contributed by atoms with Crippen LogP contribution in [0.3, 0.4) is 0 Å². The zero-order valence-corrected chi connectivity index (χ0v) is 11.3. The minimum absolute atomic E-state index is 0.0233. The summed E-state index contributed by atoms with van der Waals surface area (Å²) in [6.45, 7) is 4.05. The Labute approximate surface area is 114 Å². The summed E-state index contributed by atoms with van der Waals surface area (Å²) in [4.78, 5) is 11.4. The van der Waals surface area contributed by atoms with Crippen molar-refractivity contribution in [3.8, 4) is 5.75 Å². The fourth-order valence-electron chi connectivity index (χ4n) is 1.74. The summed E-state index contributed by atoms with van der Waals surface area (Å²) < 4.78 is 1.60. The van der Waals surface area contributed by atoms with Gasteiger partial charge in [-0.15, -0.1) is 0 Å². The number of phenols is 1. The molecule has 0 radical (unpaired) electrons. The molecule has 0 bridgehead atoms. The predicted molar refractivity (Wildman–Crippen MR) is 71.5 cm³/mol. The molecule has 1 aromatic carbocycles. The second kappa shape index (κ2) is 5.31. The van der Waals surface area contributed by atoms with Gasteiger partial charge in [0.1, 0.15) is 11.4 Å². The van der Waals surface area contributed by atoms with Crippen LogP contribution in [0.2, 0.25) is 0 Å². The number of benzene rings is 1. The van der Waals surface area contributed by atoms with Gasteiger partial charge in [0.25, 0.3) is 0 Å². The Morgan fingerprint density at radius 3 is 2.84 bits per heavy atom. The van der Waals surface area contributed by atoms with E-state index in [9.17, 15) is 15.2 Å². The highest BCUT2D eigenvalue weighted by Crippen LogP contribution is 2.37. The molecule has 2 rings (SSSR count). The number of aromatic hydroxyl groups is 1. The van der Waals surface area contributed by atoms with Gasteiger partial charge < -0.3 is 5.11 Å². The summed E-state index contributed by atoms with van der Waals surface area (Å²) in [5.41, 5.74) is 0.421. The van der Waals surface area contributed by atoms with Crippen molar-refractivity contribution in [3.63, 3.8) is 0 Å². The summed E-state index contributed by atoms with van der Waals surface area (Å²) in [5, 5.41) is 25.2. The van der Waals surface area contributed by atoms with Crippen molar-refractivity contribution < 1.29 is 10.0 Å². The molecule has 1 aromatic heterocycles. The highest BCUT2D eigenvalue weighted by Gasteiger charge is 2.25. The summed E-state index contributed by atoms with van der Waals surface area (Å²) in [5.74, 6) is 0.131. The third-order valence-corrected chi connectivity index (χ3v) is 3.65. The van der Waals surface area contributed by atoms with E-state index in [1.54, 1.807) is 35.9 Å². The van der Waals surface area contributed by atoms with Crippen LogP contribution in [-0.4, -0.2) is 19.8 Å². The molecule has 19 heavy (non-hydrogen) atoms. The van der Waals surface area contributed by atoms with Crippen LogP contribution in [0.15, 0.2) is 34.2 Å². The van der Waals surface area contributed by atoms with Crippen LogP contribution >= 0.6 is 11.8 Å². The Hall–Kier alpha value is -2.02. The molecule has 100 valence electrons. The van der Waals surface area contributed by atoms with Crippen molar-refractivity contribution in [2.75, 3.05) is 0 Å². The summed E-state index contributed by atoms with van der Waals surface area (Å²) in [6.07, 6.45) is 0. The van der Waals surface area contributed by atoms with Crippen molar-refractivity contribution in [3.05, 3.63) is 40.1 Å². The Morgan fingerprint density at radius 2 is 2.26 bits per heavy atom. The molecule has 0 aliphatic rings. The lowest BCUT2D eigenvalue weighted by molar-refractivity contribution is -0.388. The number of nitrogens with zero attached hydrogens (tertiary/aromatic N) is 3. The molecule has 0 fully saturated rings. The van der Waals surface area contributed by atoms with Crippen LogP contribution in [0.1, 0.15) is 12.6 Å². The van der Waals surface area contributed by atoms with E-state index in [4.69, 9.17) is 0 Å². The van der Waals surface area contributed by atoms with Crippen molar-refractivity contribution in [1.29, 1.82) is 0 Å². The molecular formula is C12H13N3O3S. The number of hydrogen-bond acceptors (Lipinski definition) is 5. The first-order chi connectivity index (χ1) is 9.02.